The van der Waals surface area contributed by atoms with Crippen molar-refractivity contribution < 1.29 is 52.8 Å². The van der Waals surface area contributed by atoms with E-state index in [9.17, 15) is 24.0 Å². The molecular formula is C79H127I2N9O11. The van der Waals surface area contributed by atoms with E-state index in [4.69, 9.17) is 40.3 Å². The van der Waals surface area contributed by atoms with Crippen molar-refractivity contribution in [1.29, 1.82) is 0 Å². The molecule has 4 amide bonds. The molecule has 568 valence electrons. The van der Waals surface area contributed by atoms with Crippen LogP contribution in [0, 0.1) is 35.5 Å². The third kappa shape index (κ3) is 22.7. The summed E-state index contributed by atoms with van der Waals surface area (Å²) in [6.07, 6.45) is 17.0. The maximum atomic E-state index is 12.4. The van der Waals surface area contributed by atoms with Crippen LogP contribution in [-0.2, 0) is 59.4 Å². The molecule has 22 heteroatoms. The second kappa shape index (κ2) is 38.5. The Morgan fingerprint density at radius 2 is 0.822 bits per heavy atom. The lowest BCUT2D eigenvalue weighted by molar-refractivity contribution is -0.136. The molecule has 3 heterocycles. The number of methoxy groups -OCH3 is 3. The second-order valence-corrected chi connectivity index (χ2v) is 31.3. The van der Waals surface area contributed by atoms with E-state index in [0.717, 1.165) is 99.6 Å². The van der Waals surface area contributed by atoms with E-state index in [1.165, 1.54) is 111 Å². The lowest BCUT2D eigenvalue weighted by Gasteiger charge is -2.56. The summed E-state index contributed by atoms with van der Waals surface area (Å²) in [6.45, 7) is 26.7. The molecule has 0 aromatic heterocycles. The molecule has 20 nitrogen and oxygen atoms in total. The molecule has 3 saturated heterocycles. The molecule has 12 rings (SSSR count). The summed E-state index contributed by atoms with van der Waals surface area (Å²) in [5.74, 6) is 5.99. The zero-order chi connectivity index (χ0) is 73.3. The van der Waals surface area contributed by atoms with Crippen LogP contribution in [0.15, 0.2) is 54.6 Å². The van der Waals surface area contributed by atoms with Crippen LogP contribution in [0.2, 0.25) is 0 Å². The van der Waals surface area contributed by atoms with Gasteiger partial charge in [0.15, 0.2) is 0 Å². The average molecular weight is 1630 g/mol. The van der Waals surface area contributed by atoms with Crippen molar-refractivity contribution in [2.75, 3.05) is 110 Å². The predicted octanol–water partition coefficient (Wildman–Crippen LogP) is 12.0. The van der Waals surface area contributed by atoms with Gasteiger partial charge >= 0.3 is 18.2 Å². The van der Waals surface area contributed by atoms with Crippen LogP contribution in [0.25, 0.3) is 0 Å². The number of alkyl carbamates (subject to hydrolysis) is 2. The van der Waals surface area contributed by atoms with E-state index < -0.39 is 35.9 Å². The smallest absolute Gasteiger partial charge is 0.408 e. The molecular weight excluding hydrogens is 1500 g/mol. The van der Waals surface area contributed by atoms with Crippen LogP contribution in [-0.4, -0.2) is 189 Å². The van der Waals surface area contributed by atoms with Gasteiger partial charge in [0.25, 0.3) is 0 Å². The van der Waals surface area contributed by atoms with Crippen molar-refractivity contribution in [1.82, 2.24) is 36.0 Å². The normalized spacial score (nSPS) is 25.8. The summed E-state index contributed by atoms with van der Waals surface area (Å²) in [4.78, 5) is 68.9. The molecule has 0 unspecified atom stereocenters. The molecule has 0 radical (unpaired) electrons. The monoisotopic (exact) mass is 1630 g/mol. The number of benzene rings is 3. The van der Waals surface area contributed by atoms with E-state index in [0.29, 0.717) is 49.0 Å². The van der Waals surface area contributed by atoms with Gasteiger partial charge in [-0.1, -0.05) is 91.6 Å². The highest BCUT2D eigenvalue weighted by atomic mass is 127. The summed E-state index contributed by atoms with van der Waals surface area (Å²) in [6, 6.07) is 21.7. The van der Waals surface area contributed by atoms with E-state index >= 15 is 0 Å². The van der Waals surface area contributed by atoms with Gasteiger partial charge < -0.3 is 61.5 Å². The minimum absolute atomic E-state index is 0. The molecule has 101 heavy (non-hydrogen) atoms. The van der Waals surface area contributed by atoms with Crippen LogP contribution in [0.3, 0.4) is 0 Å². The van der Waals surface area contributed by atoms with E-state index in [1.54, 1.807) is 62.9 Å². The van der Waals surface area contributed by atoms with Gasteiger partial charge in [-0.25, -0.2) is 9.59 Å². The fraction of sp³-hybridized carbons (Fsp3) is 0.709. The Morgan fingerprint density at radius 3 is 1.11 bits per heavy atom. The first-order valence-corrected chi connectivity index (χ1v) is 41.1. The fourth-order valence-corrected chi connectivity index (χ4v) is 17.2. The van der Waals surface area contributed by atoms with Crippen LogP contribution in [0.4, 0.5) is 9.59 Å². The SMILES string of the molecule is C.CC(C)(C)OC(=O)NCC(=O)O.CI.CI.COc1ccc2c(c1)[C@@]1(CCN)CCN(CC3CC3)[C@H](C2)[C@@H]1C.COc1ccc2c(c1)[C@@]1(CCNC(=O)CN)CCN(CC3CC3)[C@H](C2)[C@@H]1C.COc1ccc2c(c1)[C@@]1(CCNC(=O)CNC(=O)OC(C)(C)C)CCN(CC3CC3)[C@H](C2)[C@@H]1C. The Labute approximate surface area is 633 Å². The van der Waals surface area contributed by atoms with Crippen LogP contribution < -0.4 is 46.9 Å². The summed E-state index contributed by atoms with van der Waals surface area (Å²) in [7, 11) is 5.23. The number of piperidine rings is 3. The van der Waals surface area contributed by atoms with Gasteiger partial charge in [-0.15, -0.1) is 0 Å². The number of carbonyl (C=O) groups excluding carboxylic acids is 4. The molecule has 0 spiro atoms. The van der Waals surface area contributed by atoms with Gasteiger partial charge in [-0.3, -0.25) is 29.1 Å². The number of amides is 4. The highest BCUT2D eigenvalue weighted by Crippen LogP contribution is 2.55. The zero-order valence-corrected chi connectivity index (χ0v) is 67.1. The Kier molecular flexibility index (Phi) is 32.5. The molecule has 6 bridgehead atoms. The van der Waals surface area contributed by atoms with Gasteiger partial charge in [0, 0.05) is 67.1 Å². The first-order chi connectivity index (χ1) is 47.7. The minimum atomic E-state index is -1.10. The Bertz CT molecular complexity index is 3170. The average Bonchev–Trinajstić information content (AvgIpc) is 1.27. The molecule has 3 aliphatic heterocycles. The first-order valence-electron chi connectivity index (χ1n) is 36.8. The molecule has 9 aliphatic rings. The number of nitrogens with one attached hydrogen (secondary N) is 4. The molecule has 3 aromatic carbocycles. The maximum Gasteiger partial charge on any atom is 0.408 e. The second-order valence-electron chi connectivity index (χ2n) is 31.3. The Balaban J connectivity index is 0.000000217. The van der Waals surface area contributed by atoms with E-state index in [-0.39, 0.29) is 48.6 Å². The lowest BCUT2D eigenvalue weighted by Crippen LogP contribution is -2.60. The Hall–Kier alpha value is -4.73. The predicted molar refractivity (Wildman–Crippen MR) is 421 cm³/mol. The number of aliphatic carboxylic acids is 1. The quantitative estimate of drug-likeness (QED) is 0.0364. The van der Waals surface area contributed by atoms with Crippen LogP contribution in [0.5, 0.6) is 17.2 Å². The van der Waals surface area contributed by atoms with Crippen molar-refractivity contribution in [3.8, 4) is 17.2 Å². The van der Waals surface area contributed by atoms with Gasteiger partial charge in [-0.2, -0.15) is 0 Å². The van der Waals surface area contributed by atoms with Crippen LogP contribution in [0.1, 0.15) is 180 Å². The van der Waals surface area contributed by atoms with Gasteiger partial charge in [0.1, 0.15) is 35.0 Å². The molecule has 9 N–H and O–H groups in total. The van der Waals surface area contributed by atoms with Crippen molar-refractivity contribution in [2.24, 2.45) is 47.0 Å². The number of carboxylic acid groups (broad SMARTS) is 1. The number of carboxylic acids is 1. The topological polar surface area (TPSA) is 262 Å². The van der Waals surface area contributed by atoms with Crippen molar-refractivity contribution in [3.63, 3.8) is 0 Å². The van der Waals surface area contributed by atoms with Crippen molar-refractivity contribution >= 4 is 75.2 Å². The number of hydrogen-bond acceptors (Lipinski definition) is 15. The number of rotatable bonds is 22. The van der Waals surface area contributed by atoms with E-state index in [1.807, 2.05) is 9.86 Å². The van der Waals surface area contributed by atoms with Gasteiger partial charge in [0.05, 0.1) is 34.4 Å². The Morgan fingerprint density at radius 1 is 0.505 bits per heavy atom. The molecule has 6 fully saturated rings. The summed E-state index contributed by atoms with van der Waals surface area (Å²) in [5.41, 5.74) is 19.5. The van der Waals surface area contributed by atoms with Crippen LogP contribution >= 0.6 is 45.2 Å². The summed E-state index contributed by atoms with van der Waals surface area (Å²) < 4.78 is 26.6. The number of hydrogen-bond donors (Lipinski definition) is 7. The number of ether oxygens (including phenoxy) is 5. The van der Waals surface area contributed by atoms with E-state index in [2.05, 4.69) is 157 Å². The number of nitrogens with zero attached hydrogens (tertiary/aromatic N) is 3. The van der Waals surface area contributed by atoms with Crippen molar-refractivity contribution in [2.45, 2.75) is 212 Å². The summed E-state index contributed by atoms with van der Waals surface area (Å²) >= 11 is 4.30. The zero-order valence-electron chi connectivity index (χ0n) is 62.8. The number of fused-ring (bicyclic) bond motifs is 12. The summed E-state index contributed by atoms with van der Waals surface area (Å²) in [5, 5.41) is 18.8. The largest absolute Gasteiger partial charge is 0.497 e. The minimum Gasteiger partial charge on any atom is -0.497 e. The number of likely N-dealkylation sites (tertiary alicyclic amines) is 3. The lowest BCUT2D eigenvalue weighted by atomic mass is 9.56. The number of halogens is 2. The highest BCUT2D eigenvalue weighted by Gasteiger charge is 2.54. The first kappa shape index (κ1) is 85.2. The molecule has 6 aliphatic carbocycles. The third-order valence-electron chi connectivity index (χ3n) is 22.8. The number of alkyl halides is 2. The fourth-order valence-electron chi connectivity index (χ4n) is 17.2. The van der Waals surface area contributed by atoms with Gasteiger partial charge in [-0.05, 0) is 279 Å². The molecule has 3 saturated carbocycles. The number of nitrogens with two attached hydrogens (primary N) is 2. The highest BCUT2D eigenvalue weighted by molar-refractivity contribution is 14.1. The van der Waals surface area contributed by atoms with Gasteiger partial charge in [0.2, 0.25) is 11.8 Å². The molecule has 9 atom stereocenters. The molecule has 3 aromatic rings. The van der Waals surface area contributed by atoms with Crippen molar-refractivity contribution in [3.05, 3.63) is 88.0 Å². The third-order valence-corrected chi connectivity index (χ3v) is 22.8. The number of carbonyl (C=O) groups is 5. The standard InChI is InChI=1S/C27H41N3O4.C22H33N3O2.C20H30N2O.C7H13NO4.2CH3I.CH4/c1-18-23-14-20-8-9-21(33-5)15-22(20)27(18,11-13-30(23)17-19-6-7-19)10-12-28-24(31)16-29-25(32)34-26(2,3)4;1-15-20-11-17-5-6-18(27-2)12-19(17)22(15,7-9-24-21(26)13-23)8-10-25(20)14-16-3-4-16;1-14-19-11-16-5-6-17(23-2)12-18(16)20(14,7-9-21)8-10-22(19)13-15-3-4-15;1-7(2,3)12-6(11)8-4-5(9)10;2*1-2;/h8-9,15,18-19,23H,6-7,10-14,16-17H2,1-5H3,(H,28,31)(H,29,32);5-6,12,15-16,20H,3-4,7-11,13-14,23H2,1-2H3,(H,24,26);5-6,12,14-15,19H,3-4,7-11,13,21H2,1-2H3;4H2,1-3H3,(H,8,11)(H,9,10);2*1H3;1H4/t18-,23+,27-;15-,20+,22-;14-,19+,20-;;;;/m000..../s1. The maximum absolute atomic E-state index is 12.4.